The molecular weight excluding hydrogens is 258 g/mol. The van der Waals surface area contributed by atoms with Gasteiger partial charge in [-0.25, -0.2) is 8.78 Å². The molecule has 1 N–H and O–H groups in total. The monoisotopic (exact) mass is 272 g/mol. The molecular formula is C12H14F2N2O3. The highest BCUT2D eigenvalue weighted by Crippen LogP contribution is 2.36. The number of nitro groups is 1. The summed E-state index contributed by atoms with van der Waals surface area (Å²) in [5.74, 6) is -2.36. The highest BCUT2D eigenvalue weighted by atomic mass is 19.2. The summed E-state index contributed by atoms with van der Waals surface area (Å²) in [5.41, 5.74) is -1.58. The van der Waals surface area contributed by atoms with Gasteiger partial charge in [0.2, 0.25) is 0 Å². The zero-order chi connectivity index (χ0) is 14.2. The number of hydrogen-bond donors (Lipinski definition) is 1. The van der Waals surface area contributed by atoms with E-state index < -0.39 is 33.5 Å². The van der Waals surface area contributed by atoms with Gasteiger partial charge in [-0.2, -0.15) is 0 Å². The molecule has 1 aromatic rings. The van der Waals surface area contributed by atoms with Crippen LogP contribution in [0.4, 0.5) is 20.2 Å². The van der Waals surface area contributed by atoms with Gasteiger partial charge in [0.05, 0.1) is 16.6 Å². The van der Waals surface area contributed by atoms with Crippen LogP contribution in [0, 0.1) is 21.7 Å². The summed E-state index contributed by atoms with van der Waals surface area (Å²) in [6.07, 6.45) is 0.302. The van der Waals surface area contributed by atoms with Crippen LogP contribution in [0.1, 0.15) is 20.3 Å². The Morgan fingerprint density at radius 2 is 2.21 bits per heavy atom. The molecule has 1 aliphatic rings. The molecule has 7 heteroatoms. The topological polar surface area (TPSA) is 64.4 Å². The van der Waals surface area contributed by atoms with Crippen LogP contribution >= 0.6 is 0 Å². The molecule has 5 nitrogen and oxygen atoms in total. The summed E-state index contributed by atoms with van der Waals surface area (Å²) >= 11 is 0. The number of nitrogens with one attached hydrogen (secondary N) is 1. The third-order valence-electron chi connectivity index (χ3n) is 3.57. The maximum Gasteiger partial charge on any atom is 0.295 e. The van der Waals surface area contributed by atoms with Gasteiger partial charge in [0.15, 0.2) is 17.3 Å². The Labute approximate surface area is 108 Å². The quantitative estimate of drug-likeness (QED) is 0.678. The molecule has 1 fully saturated rings. The predicted octanol–water partition coefficient (Wildman–Crippen LogP) is 2.85. The van der Waals surface area contributed by atoms with Crippen LogP contribution < -0.4 is 5.32 Å². The number of rotatable bonds is 3. The second-order valence-electron chi connectivity index (χ2n) is 4.82. The van der Waals surface area contributed by atoms with E-state index in [1.54, 1.807) is 13.8 Å². The summed E-state index contributed by atoms with van der Waals surface area (Å²) < 4.78 is 32.4. The molecule has 0 amide bonds. The van der Waals surface area contributed by atoms with E-state index in [1.165, 1.54) is 0 Å². The largest absolute Gasteiger partial charge is 0.376 e. The van der Waals surface area contributed by atoms with Gasteiger partial charge in [-0.1, -0.05) is 0 Å². The lowest BCUT2D eigenvalue weighted by Crippen LogP contribution is -2.41. The number of hydrogen-bond acceptors (Lipinski definition) is 4. The first kappa shape index (κ1) is 13.7. The molecule has 0 saturated carbocycles. The molecule has 0 radical (unpaired) electrons. The van der Waals surface area contributed by atoms with E-state index in [0.29, 0.717) is 13.0 Å². The van der Waals surface area contributed by atoms with Crippen molar-refractivity contribution >= 4 is 11.4 Å². The molecule has 0 aromatic heterocycles. The van der Waals surface area contributed by atoms with Crippen LogP contribution in [-0.4, -0.2) is 23.2 Å². The molecule has 104 valence electrons. The minimum atomic E-state index is -1.24. The van der Waals surface area contributed by atoms with Crippen LogP contribution in [0.25, 0.3) is 0 Å². The van der Waals surface area contributed by atoms with Crippen molar-refractivity contribution in [2.24, 2.45) is 0 Å². The number of halogens is 2. The Kier molecular flexibility index (Phi) is 3.40. The molecule has 0 aliphatic carbocycles. The molecule has 0 bridgehead atoms. The van der Waals surface area contributed by atoms with E-state index in [1.807, 2.05) is 0 Å². The maximum absolute atomic E-state index is 13.8. The van der Waals surface area contributed by atoms with Gasteiger partial charge in [-0.15, -0.1) is 0 Å². The van der Waals surface area contributed by atoms with Gasteiger partial charge in [0.1, 0.15) is 0 Å². The number of ether oxygens (including phenoxy) is 1. The second kappa shape index (κ2) is 4.73. The molecule has 2 rings (SSSR count). The molecule has 1 heterocycles. The fourth-order valence-corrected chi connectivity index (χ4v) is 2.10. The molecule has 1 aliphatic heterocycles. The lowest BCUT2D eigenvalue weighted by Gasteiger charge is -2.30. The van der Waals surface area contributed by atoms with Crippen molar-refractivity contribution in [1.29, 1.82) is 0 Å². The number of nitro benzene ring substituents is 1. The number of anilines is 1. The van der Waals surface area contributed by atoms with Gasteiger partial charge in [-0.05, 0) is 26.3 Å². The van der Waals surface area contributed by atoms with Crippen LogP contribution in [0.3, 0.4) is 0 Å². The molecule has 1 aromatic carbocycles. The van der Waals surface area contributed by atoms with Crippen LogP contribution in [-0.2, 0) is 4.74 Å². The third-order valence-corrected chi connectivity index (χ3v) is 3.57. The van der Waals surface area contributed by atoms with Crippen molar-refractivity contribution < 1.29 is 18.4 Å². The second-order valence-corrected chi connectivity index (χ2v) is 4.82. The van der Waals surface area contributed by atoms with Crippen LogP contribution in [0.5, 0.6) is 0 Å². The Morgan fingerprint density at radius 1 is 1.53 bits per heavy atom. The summed E-state index contributed by atoms with van der Waals surface area (Å²) in [6, 6.07) is 1.69. The van der Waals surface area contributed by atoms with Crippen LogP contribution in [0.15, 0.2) is 12.1 Å². The minimum Gasteiger partial charge on any atom is -0.376 e. The third kappa shape index (κ3) is 2.37. The first-order chi connectivity index (χ1) is 8.85. The van der Waals surface area contributed by atoms with Gasteiger partial charge in [0, 0.05) is 12.7 Å². The zero-order valence-electron chi connectivity index (χ0n) is 10.6. The Morgan fingerprint density at radius 3 is 2.74 bits per heavy atom. The SMILES string of the molecule is CC1OCCC1(C)Nc1c([N+](=O)[O-])ccc(F)c1F. The normalized spacial score (nSPS) is 26.4. The van der Waals surface area contributed by atoms with Crippen molar-refractivity contribution in [2.75, 3.05) is 11.9 Å². The summed E-state index contributed by atoms with van der Waals surface area (Å²) in [6.45, 7) is 4.01. The van der Waals surface area contributed by atoms with Crippen molar-refractivity contribution in [3.05, 3.63) is 33.9 Å². The Hall–Kier alpha value is -1.76. The fourth-order valence-electron chi connectivity index (χ4n) is 2.10. The summed E-state index contributed by atoms with van der Waals surface area (Å²) in [7, 11) is 0. The van der Waals surface area contributed by atoms with E-state index in [9.17, 15) is 18.9 Å². The molecule has 1 saturated heterocycles. The highest BCUT2D eigenvalue weighted by molar-refractivity contribution is 5.64. The van der Waals surface area contributed by atoms with Crippen molar-refractivity contribution in [3.63, 3.8) is 0 Å². The van der Waals surface area contributed by atoms with E-state index in [4.69, 9.17) is 4.74 Å². The van der Waals surface area contributed by atoms with Crippen molar-refractivity contribution in [1.82, 2.24) is 0 Å². The maximum atomic E-state index is 13.8. The first-order valence-electron chi connectivity index (χ1n) is 5.87. The van der Waals surface area contributed by atoms with Crippen molar-refractivity contribution in [3.8, 4) is 0 Å². The van der Waals surface area contributed by atoms with Gasteiger partial charge < -0.3 is 10.1 Å². The minimum absolute atomic E-state index is 0.255. The lowest BCUT2D eigenvalue weighted by molar-refractivity contribution is -0.384. The lowest BCUT2D eigenvalue weighted by atomic mass is 9.94. The fraction of sp³-hybridized carbons (Fsp3) is 0.500. The van der Waals surface area contributed by atoms with Crippen LogP contribution in [0.2, 0.25) is 0 Å². The van der Waals surface area contributed by atoms with Gasteiger partial charge in [0.25, 0.3) is 5.69 Å². The Balaban J connectivity index is 2.44. The highest BCUT2D eigenvalue weighted by Gasteiger charge is 2.39. The molecule has 2 unspecified atom stereocenters. The Bertz CT molecular complexity index is 524. The smallest absolute Gasteiger partial charge is 0.295 e. The summed E-state index contributed by atoms with van der Waals surface area (Å²) in [5, 5.41) is 13.6. The van der Waals surface area contributed by atoms with Gasteiger partial charge >= 0.3 is 0 Å². The number of benzene rings is 1. The van der Waals surface area contributed by atoms with Crippen molar-refractivity contribution in [2.45, 2.75) is 31.9 Å². The average molecular weight is 272 g/mol. The van der Waals surface area contributed by atoms with E-state index in [-0.39, 0.29) is 6.10 Å². The molecule has 19 heavy (non-hydrogen) atoms. The van der Waals surface area contributed by atoms with Gasteiger partial charge in [-0.3, -0.25) is 10.1 Å². The average Bonchev–Trinajstić information content (AvgIpc) is 2.65. The standard InChI is InChI=1S/C12H14F2N2O3/c1-7-12(2,5-6-19-7)15-11-9(16(17)18)4-3-8(13)10(11)14/h3-4,7,15H,5-6H2,1-2H3. The summed E-state index contributed by atoms with van der Waals surface area (Å²) in [4.78, 5) is 10.1. The predicted molar refractivity (Wildman–Crippen MR) is 65.1 cm³/mol. The molecule has 2 atom stereocenters. The van der Waals surface area contributed by atoms with E-state index in [2.05, 4.69) is 5.32 Å². The number of nitrogens with zero attached hydrogens (tertiary/aromatic N) is 1. The van der Waals surface area contributed by atoms with E-state index in [0.717, 1.165) is 12.1 Å². The first-order valence-corrected chi connectivity index (χ1v) is 5.87. The zero-order valence-corrected chi connectivity index (χ0v) is 10.6. The molecule has 0 spiro atoms. The van der Waals surface area contributed by atoms with E-state index >= 15 is 0 Å².